The van der Waals surface area contributed by atoms with Crippen molar-refractivity contribution in [3.63, 3.8) is 0 Å². The maximum Gasteiger partial charge on any atom is 0.293 e. The number of rotatable bonds is 7. The van der Waals surface area contributed by atoms with E-state index in [1.165, 1.54) is 11.1 Å². The molecule has 4 rings (SSSR count). The Kier molecular flexibility index (Phi) is 6.50. The number of nitrogens with one attached hydrogen (secondary N) is 1. The van der Waals surface area contributed by atoms with E-state index in [2.05, 4.69) is 11.4 Å². The van der Waals surface area contributed by atoms with E-state index >= 15 is 0 Å². The molecule has 1 saturated heterocycles. The van der Waals surface area contributed by atoms with Crippen LogP contribution in [0.5, 0.6) is 11.5 Å². The second kappa shape index (κ2) is 9.48. The van der Waals surface area contributed by atoms with Crippen molar-refractivity contribution in [2.45, 2.75) is 26.7 Å². The lowest BCUT2D eigenvalue weighted by molar-refractivity contribution is -0.124. The highest BCUT2D eigenvalue weighted by Gasteiger charge is 2.34. The molecular formula is C24H24N2O5S. The largest absolute Gasteiger partial charge is 0.454 e. The van der Waals surface area contributed by atoms with Crippen molar-refractivity contribution in [1.82, 2.24) is 10.2 Å². The van der Waals surface area contributed by atoms with E-state index in [1.54, 1.807) is 24.3 Å². The minimum absolute atomic E-state index is 0.104. The third kappa shape index (κ3) is 4.96. The Balaban J connectivity index is 1.27. The summed E-state index contributed by atoms with van der Waals surface area (Å²) in [5.74, 6) is 0.806. The fraction of sp³-hybridized carbons (Fsp3) is 0.292. The number of thioether (sulfide) groups is 1. The number of hydrogen-bond donors (Lipinski definition) is 1. The van der Waals surface area contributed by atoms with Gasteiger partial charge in [-0.05, 0) is 66.9 Å². The molecule has 2 aliphatic rings. The minimum atomic E-state index is -0.359. The zero-order valence-corrected chi connectivity index (χ0v) is 18.8. The van der Waals surface area contributed by atoms with E-state index in [4.69, 9.17) is 9.47 Å². The summed E-state index contributed by atoms with van der Waals surface area (Å²) in [4.78, 5) is 38.6. The number of aryl methyl sites for hydroxylation is 3. The lowest BCUT2D eigenvalue weighted by Crippen LogP contribution is -2.37. The molecule has 0 atom stereocenters. The fourth-order valence-corrected chi connectivity index (χ4v) is 4.48. The molecule has 2 aliphatic heterocycles. The van der Waals surface area contributed by atoms with E-state index in [0.717, 1.165) is 27.8 Å². The standard InChI is InChI=1S/C24H24N2O5S/c1-15-3-5-18(16(2)11-15)6-8-22(27)25-9-10-26-23(28)21(32-24(26)29)13-17-4-7-19-20(12-17)31-14-30-19/h3-5,7,11-13H,6,8-10,14H2,1-2H3,(H,25,27)/b21-13-. The molecule has 1 N–H and O–H groups in total. The van der Waals surface area contributed by atoms with E-state index < -0.39 is 0 Å². The molecule has 2 aromatic rings. The van der Waals surface area contributed by atoms with Crippen LogP contribution in [0.15, 0.2) is 41.3 Å². The van der Waals surface area contributed by atoms with Crippen molar-refractivity contribution in [2.75, 3.05) is 19.9 Å². The van der Waals surface area contributed by atoms with E-state index in [1.807, 2.05) is 26.0 Å². The molecule has 2 heterocycles. The van der Waals surface area contributed by atoms with Gasteiger partial charge < -0.3 is 14.8 Å². The fourth-order valence-electron chi connectivity index (χ4n) is 3.62. The normalized spacial score (nSPS) is 16.2. The third-order valence-corrected chi connectivity index (χ3v) is 6.25. The number of carbonyl (C=O) groups is 3. The van der Waals surface area contributed by atoms with Gasteiger partial charge in [0.1, 0.15) is 0 Å². The molecule has 32 heavy (non-hydrogen) atoms. The average molecular weight is 453 g/mol. The predicted molar refractivity (Wildman–Crippen MR) is 122 cm³/mol. The van der Waals surface area contributed by atoms with Crippen LogP contribution in [0.3, 0.4) is 0 Å². The quantitative estimate of drug-likeness (QED) is 0.643. The Labute approximate surface area is 190 Å². The summed E-state index contributed by atoms with van der Waals surface area (Å²) in [6.45, 7) is 4.61. The molecule has 7 nitrogen and oxygen atoms in total. The van der Waals surface area contributed by atoms with Crippen molar-refractivity contribution in [3.8, 4) is 11.5 Å². The van der Waals surface area contributed by atoms with Crippen molar-refractivity contribution in [1.29, 1.82) is 0 Å². The second-order valence-corrected chi connectivity index (χ2v) is 8.72. The first-order valence-electron chi connectivity index (χ1n) is 10.4. The topological polar surface area (TPSA) is 84.9 Å². The highest BCUT2D eigenvalue weighted by molar-refractivity contribution is 8.18. The van der Waals surface area contributed by atoms with Gasteiger partial charge in [-0.1, -0.05) is 29.8 Å². The van der Waals surface area contributed by atoms with E-state index in [-0.39, 0.29) is 36.9 Å². The van der Waals surface area contributed by atoms with Gasteiger partial charge in [0.25, 0.3) is 11.1 Å². The Morgan fingerprint density at radius 2 is 1.94 bits per heavy atom. The highest BCUT2D eigenvalue weighted by Crippen LogP contribution is 2.36. The number of ether oxygens (including phenoxy) is 2. The molecule has 0 unspecified atom stereocenters. The maximum atomic E-state index is 12.7. The van der Waals surface area contributed by atoms with Crippen molar-refractivity contribution < 1.29 is 23.9 Å². The number of amides is 3. The maximum absolute atomic E-state index is 12.7. The number of benzene rings is 2. The van der Waals surface area contributed by atoms with Gasteiger partial charge in [-0.25, -0.2) is 0 Å². The van der Waals surface area contributed by atoms with Gasteiger partial charge in [0.2, 0.25) is 12.7 Å². The zero-order chi connectivity index (χ0) is 22.7. The SMILES string of the molecule is Cc1ccc(CCC(=O)NCCN2C(=O)S/C(=C\c3ccc4c(c3)OCO4)C2=O)c(C)c1. The molecule has 0 radical (unpaired) electrons. The first-order chi connectivity index (χ1) is 15.4. The van der Waals surface area contributed by atoms with Crippen LogP contribution in [0.2, 0.25) is 0 Å². The Bertz CT molecular complexity index is 1110. The molecule has 166 valence electrons. The van der Waals surface area contributed by atoms with Crippen LogP contribution in [0.4, 0.5) is 4.79 Å². The van der Waals surface area contributed by atoms with Crippen molar-refractivity contribution in [3.05, 3.63) is 63.6 Å². The summed E-state index contributed by atoms with van der Waals surface area (Å²) in [5.41, 5.74) is 4.26. The molecule has 0 aliphatic carbocycles. The van der Waals surface area contributed by atoms with E-state index in [0.29, 0.717) is 29.2 Å². The van der Waals surface area contributed by atoms with Crippen LogP contribution in [-0.4, -0.2) is 41.8 Å². The van der Waals surface area contributed by atoms with Crippen molar-refractivity contribution >= 4 is 34.9 Å². The average Bonchev–Trinajstić information content (AvgIpc) is 3.32. The van der Waals surface area contributed by atoms with Gasteiger partial charge in [-0.3, -0.25) is 19.3 Å². The van der Waals surface area contributed by atoms with Gasteiger partial charge in [-0.2, -0.15) is 0 Å². The first-order valence-corrected chi connectivity index (χ1v) is 11.2. The van der Waals surface area contributed by atoms with Crippen molar-refractivity contribution in [2.24, 2.45) is 0 Å². The molecule has 2 aromatic carbocycles. The summed E-state index contributed by atoms with van der Waals surface area (Å²) in [6.07, 6.45) is 2.67. The van der Waals surface area contributed by atoms with Crippen LogP contribution >= 0.6 is 11.8 Å². The van der Waals surface area contributed by atoms with Gasteiger partial charge in [-0.15, -0.1) is 0 Å². The number of nitrogens with zero attached hydrogens (tertiary/aromatic N) is 1. The molecule has 3 amide bonds. The Morgan fingerprint density at radius 1 is 1.12 bits per heavy atom. The monoisotopic (exact) mass is 452 g/mol. The lowest BCUT2D eigenvalue weighted by Gasteiger charge is -2.13. The summed E-state index contributed by atoms with van der Waals surface area (Å²) in [7, 11) is 0. The van der Waals surface area contributed by atoms with Crippen LogP contribution in [0, 0.1) is 13.8 Å². The predicted octanol–water partition coefficient (Wildman–Crippen LogP) is 3.82. The van der Waals surface area contributed by atoms with Crippen LogP contribution in [0.1, 0.15) is 28.7 Å². The number of hydrogen-bond acceptors (Lipinski definition) is 6. The number of imide groups is 1. The van der Waals surface area contributed by atoms with Gasteiger partial charge >= 0.3 is 0 Å². The van der Waals surface area contributed by atoms with Gasteiger partial charge in [0.15, 0.2) is 11.5 Å². The van der Waals surface area contributed by atoms with E-state index in [9.17, 15) is 14.4 Å². The number of fused-ring (bicyclic) bond motifs is 1. The Morgan fingerprint density at radius 3 is 2.75 bits per heavy atom. The molecule has 0 bridgehead atoms. The van der Waals surface area contributed by atoms with Crippen LogP contribution in [-0.2, 0) is 16.0 Å². The van der Waals surface area contributed by atoms with Crippen LogP contribution < -0.4 is 14.8 Å². The molecule has 0 spiro atoms. The third-order valence-electron chi connectivity index (χ3n) is 5.35. The molecule has 0 aromatic heterocycles. The second-order valence-electron chi connectivity index (χ2n) is 7.73. The molecule has 0 saturated carbocycles. The summed E-state index contributed by atoms with van der Waals surface area (Å²) < 4.78 is 10.6. The van der Waals surface area contributed by atoms with Gasteiger partial charge in [0.05, 0.1) is 4.91 Å². The summed E-state index contributed by atoms with van der Waals surface area (Å²) in [6, 6.07) is 11.5. The zero-order valence-electron chi connectivity index (χ0n) is 18.0. The van der Waals surface area contributed by atoms with Crippen LogP contribution in [0.25, 0.3) is 6.08 Å². The molecule has 1 fully saturated rings. The van der Waals surface area contributed by atoms with Gasteiger partial charge in [0, 0.05) is 19.5 Å². The first kappa shape index (κ1) is 22.0. The highest BCUT2D eigenvalue weighted by atomic mass is 32.2. The minimum Gasteiger partial charge on any atom is -0.454 e. The molecular weight excluding hydrogens is 428 g/mol. The number of carbonyl (C=O) groups excluding carboxylic acids is 3. The smallest absolute Gasteiger partial charge is 0.293 e. The lowest BCUT2D eigenvalue weighted by atomic mass is 10.0. The summed E-state index contributed by atoms with van der Waals surface area (Å²) in [5, 5.41) is 2.46. The molecule has 8 heteroatoms. The Hall–Kier alpha value is -3.26. The summed E-state index contributed by atoms with van der Waals surface area (Å²) >= 11 is 0.893.